The van der Waals surface area contributed by atoms with Crippen LogP contribution in [0.1, 0.15) is 146 Å². The van der Waals surface area contributed by atoms with Crippen molar-refractivity contribution in [2.45, 2.75) is 247 Å². The standard InChI is InChI=1S/C100H134N22O24S2/c1-52(2)40-75(100(145)146)118-98(143)83(53(3)4)122-95(140)74(47-80(105)125)117-97(142)76(50-147)119-92(137)71(43-57-26-14-9-15-27-57)115-93(138)72(44-58-48-106-63-30-18-16-28-60(58)63)116-88(133)67(34-37-79(104)124)110-87(132)66(33-36-78(103)123)109-86(131)65(32-20-21-39-101)108-90(135)69(41-55-22-10-7-11-23-55)114-91(136)70(42-56-24-12-8-13-25-56)113-89(134)68(35-38-81(126)127)111-96(141)77(51-148)120-99(144)84(54(5)6)121-94(139)73(112-85(130)62(102)46-82(128)129)45-59-49-107-64-31-19-17-29-61(59)64/h7-19,22-31,48-49,52-54,62,65-77,83-84,106-107,147-148H,20-21,32-47,50-51,101-102H2,1-6H3,(H2,103,123)(H2,104,124)(H2,105,125)(H,108,135)(H,109,131)(H,110,132)(H,111,141)(H,112,130)(H,113,134)(H,114,136)(H,115,138)(H,116,133)(H,117,142)(H,118,143)(H,119,137)(H,120,144)(H,121,139)(H,122,140)(H,126,127)(H,128,129)(H,145,146)/t62-,65-,66-,67-,68-,69-,70-,71-,72-,73-,74-,75-,76-,77-,83-,84-/m0/s1. The van der Waals surface area contributed by atoms with Gasteiger partial charge in [0.05, 0.1) is 18.9 Å². The zero-order chi connectivity index (χ0) is 109. The van der Waals surface area contributed by atoms with E-state index in [1.807, 2.05) is 0 Å². The maximum Gasteiger partial charge on any atom is 0.326 e. The van der Waals surface area contributed by atoms with Crippen LogP contribution in [0.15, 0.2) is 152 Å². The third-order valence-corrected chi connectivity index (χ3v) is 24.6. The third kappa shape index (κ3) is 39.2. The summed E-state index contributed by atoms with van der Waals surface area (Å²) >= 11 is 8.64. The molecule has 0 unspecified atom stereocenters. The summed E-state index contributed by atoms with van der Waals surface area (Å²) in [6.45, 7) is 9.72. The Hall–Kier alpha value is -15.3. The number of aliphatic carboxylic acids is 3. The van der Waals surface area contributed by atoms with Gasteiger partial charge in [0.1, 0.15) is 90.6 Å². The van der Waals surface area contributed by atoms with Crippen LogP contribution >= 0.6 is 25.3 Å². The van der Waals surface area contributed by atoms with Crippen molar-refractivity contribution in [3.63, 3.8) is 0 Å². The van der Waals surface area contributed by atoms with Crippen molar-refractivity contribution in [1.29, 1.82) is 0 Å². The first kappa shape index (κ1) is 120. The first-order valence-electron chi connectivity index (χ1n) is 48.2. The molecule has 0 saturated carbocycles. The number of unbranched alkanes of at least 4 members (excludes halogenated alkanes) is 1. The lowest BCUT2D eigenvalue weighted by Gasteiger charge is -2.29. The SMILES string of the molecule is CC(C)C[C@H](NC(=O)[C@@H](NC(=O)[C@H](CC(N)=O)NC(=O)[C@H](CS)NC(=O)[C@H](Cc1ccccc1)NC(=O)[C@H](Cc1c[nH]c2ccccc12)NC(=O)[C@H](CCC(N)=O)NC(=O)[C@H](CCC(N)=O)NC(=O)[C@H](CCCCN)NC(=O)[C@H](Cc1ccccc1)NC(=O)[C@H](Cc1ccccc1)NC(=O)[C@H](CCC(=O)O)NC(=O)[C@H](CS)NC(=O)[C@@H](NC(=O)[C@H](Cc1c[nH]c2ccccc12)NC(=O)[C@@H](N)CC(=O)O)C(C)C)C(C)C)C(=O)O. The highest BCUT2D eigenvalue weighted by molar-refractivity contribution is 7.80. The minimum absolute atomic E-state index is 0.0294. The summed E-state index contributed by atoms with van der Waals surface area (Å²) < 4.78 is 0. The molecule has 0 aliphatic carbocycles. The number of amides is 18. The summed E-state index contributed by atoms with van der Waals surface area (Å²) in [4.78, 5) is 300. The van der Waals surface area contributed by atoms with E-state index >= 15 is 28.8 Å². The van der Waals surface area contributed by atoms with Crippen molar-refractivity contribution >= 4 is 171 Å². The van der Waals surface area contributed by atoms with E-state index < -0.39 is 296 Å². The van der Waals surface area contributed by atoms with Crippen LogP contribution in [0.3, 0.4) is 0 Å². The largest absolute Gasteiger partial charge is 0.481 e. The predicted octanol–water partition coefficient (Wildman–Crippen LogP) is -2.06. The van der Waals surface area contributed by atoms with Gasteiger partial charge < -0.3 is 134 Å². The molecule has 800 valence electrons. The number of aromatic amines is 2. The lowest BCUT2D eigenvalue weighted by molar-refractivity contribution is -0.143. The molecule has 5 aromatic carbocycles. The first-order valence-corrected chi connectivity index (χ1v) is 49.5. The van der Waals surface area contributed by atoms with Crippen molar-refractivity contribution < 1.29 is 116 Å². The highest BCUT2D eigenvalue weighted by Gasteiger charge is 2.41. The second-order valence-corrected chi connectivity index (χ2v) is 37.6. The Morgan fingerprint density at radius 3 is 0.926 bits per heavy atom. The zero-order valence-corrected chi connectivity index (χ0v) is 84.5. The Bertz CT molecular complexity index is 5800. The third-order valence-electron chi connectivity index (χ3n) is 23.9. The molecule has 48 heteroatoms. The van der Waals surface area contributed by atoms with Gasteiger partial charge in [-0.3, -0.25) is 95.9 Å². The molecule has 30 N–H and O–H groups in total. The molecule has 2 aromatic heterocycles. The molecule has 2 heterocycles. The van der Waals surface area contributed by atoms with Crippen molar-refractivity contribution in [1.82, 2.24) is 89.7 Å². The average molecular weight is 2090 g/mol. The van der Waals surface area contributed by atoms with Gasteiger partial charge >= 0.3 is 17.9 Å². The molecular weight excluding hydrogens is 1960 g/mol. The Morgan fingerprint density at radius 1 is 0.304 bits per heavy atom. The van der Waals surface area contributed by atoms with Crippen LogP contribution in [0.2, 0.25) is 0 Å². The lowest BCUT2D eigenvalue weighted by atomic mass is 10.00. The quantitative estimate of drug-likeness (QED) is 0.0144. The summed E-state index contributed by atoms with van der Waals surface area (Å²) in [7, 11) is 0. The Balaban J connectivity index is 1.14. The molecule has 148 heavy (non-hydrogen) atoms. The van der Waals surface area contributed by atoms with Crippen LogP contribution in [0.4, 0.5) is 0 Å². The second kappa shape index (κ2) is 59.9. The zero-order valence-electron chi connectivity index (χ0n) is 82.7. The van der Waals surface area contributed by atoms with Gasteiger partial charge in [0.25, 0.3) is 0 Å². The van der Waals surface area contributed by atoms with Crippen molar-refractivity contribution in [2.75, 3.05) is 18.1 Å². The molecule has 0 radical (unpaired) electrons. The Kier molecular flexibility index (Phi) is 48.4. The number of aromatic nitrogens is 2. The summed E-state index contributed by atoms with van der Waals surface area (Å²) in [5, 5.41) is 68.6. The number of benzene rings is 5. The van der Waals surface area contributed by atoms with E-state index in [-0.39, 0.29) is 70.3 Å². The van der Waals surface area contributed by atoms with Gasteiger partial charge in [-0.15, -0.1) is 0 Å². The van der Waals surface area contributed by atoms with Crippen LogP contribution in [0.25, 0.3) is 21.8 Å². The fourth-order valence-corrected chi connectivity index (χ4v) is 16.4. The minimum Gasteiger partial charge on any atom is -0.481 e. The normalized spacial score (nSPS) is 14.5. The number of para-hydroxylation sites is 2. The molecule has 0 fully saturated rings. The lowest BCUT2D eigenvalue weighted by Crippen LogP contribution is -2.62. The molecule has 16 atom stereocenters. The van der Waals surface area contributed by atoms with E-state index in [2.05, 4.69) is 115 Å². The van der Waals surface area contributed by atoms with Crippen LogP contribution in [0, 0.1) is 17.8 Å². The summed E-state index contributed by atoms with van der Waals surface area (Å²) in [5.74, 6) is -25.8. The molecule has 0 spiro atoms. The van der Waals surface area contributed by atoms with E-state index in [0.29, 0.717) is 49.6 Å². The fourth-order valence-electron chi connectivity index (χ4n) is 15.9. The van der Waals surface area contributed by atoms with E-state index in [1.165, 1.54) is 6.20 Å². The maximum absolute atomic E-state index is 15.4. The van der Waals surface area contributed by atoms with Gasteiger partial charge in [-0.25, -0.2) is 4.79 Å². The van der Waals surface area contributed by atoms with E-state index in [9.17, 15) is 87.2 Å². The number of hydrogen-bond acceptors (Lipinski definition) is 25. The monoisotopic (exact) mass is 2090 g/mol. The number of hydrogen-bond donors (Lipinski definition) is 27. The molecule has 7 rings (SSSR count). The van der Waals surface area contributed by atoms with E-state index in [0.717, 1.165) is 0 Å². The predicted molar refractivity (Wildman–Crippen MR) is 549 cm³/mol. The minimum atomic E-state index is -1.86. The molecule has 0 aliphatic rings. The van der Waals surface area contributed by atoms with Crippen molar-refractivity contribution in [3.05, 3.63) is 180 Å². The number of H-pyrrole nitrogens is 2. The molecule has 18 amide bonds. The Morgan fingerprint density at radius 2 is 0.595 bits per heavy atom. The number of carboxylic acid groups (broad SMARTS) is 3. The number of carbonyl (C=O) groups is 21. The highest BCUT2D eigenvalue weighted by Crippen LogP contribution is 2.24. The summed E-state index contributed by atoms with van der Waals surface area (Å²) in [5.41, 5.74) is 32.2. The van der Waals surface area contributed by atoms with Gasteiger partial charge in [-0.05, 0) is 109 Å². The van der Waals surface area contributed by atoms with E-state index in [1.54, 1.807) is 187 Å². The van der Waals surface area contributed by atoms with Crippen LogP contribution in [0.5, 0.6) is 0 Å². The molecule has 0 bridgehead atoms. The van der Waals surface area contributed by atoms with Gasteiger partial charge in [0, 0.05) is 97.1 Å². The van der Waals surface area contributed by atoms with Crippen molar-refractivity contribution in [3.8, 4) is 0 Å². The summed E-state index contributed by atoms with van der Waals surface area (Å²) in [6.07, 6.45) is -3.78. The number of carbonyl (C=O) groups excluding carboxylic acids is 18. The van der Waals surface area contributed by atoms with Crippen LogP contribution < -0.4 is 108 Å². The summed E-state index contributed by atoms with van der Waals surface area (Å²) in [6, 6.07) is 11.8. The number of fused-ring (bicyclic) bond motifs is 2. The van der Waals surface area contributed by atoms with E-state index in [4.69, 9.17) is 28.7 Å². The number of carboxylic acids is 3. The van der Waals surface area contributed by atoms with Gasteiger partial charge in [0.15, 0.2) is 0 Å². The van der Waals surface area contributed by atoms with Crippen LogP contribution in [-0.2, 0) is 133 Å². The molecular formula is C100H134N22O24S2. The maximum atomic E-state index is 15.4. The van der Waals surface area contributed by atoms with Gasteiger partial charge in [-0.1, -0.05) is 169 Å². The smallest absolute Gasteiger partial charge is 0.326 e. The Labute approximate surface area is 864 Å². The highest BCUT2D eigenvalue weighted by atomic mass is 32.1. The van der Waals surface area contributed by atoms with Crippen LogP contribution in [-0.4, -0.2) is 264 Å². The van der Waals surface area contributed by atoms with Gasteiger partial charge in [0.2, 0.25) is 106 Å². The number of nitrogens with one attached hydrogen (secondary N) is 17. The van der Waals surface area contributed by atoms with Gasteiger partial charge in [-0.2, -0.15) is 25.3 Å². The molecule has 7 aromatic rings. The number of rotatable bonds is 64. The number of nitrogens with two attached hydrogens (primary N) is 5. The first-order chi connectivity index (χ1) is 70.3. The molecule has 0 saturated heterocycles. The molecule has 46 nitrogen and oxygen atoms in total. The number of primary amides is 3. The molecule has 0 aliphatic heterocycles. The second-order valence-electron chi connectivity index (χ2n) is 36.9. The average Bonchev–Trinajstić information content (AvgIpc) is 1.67. The number of thiol groups is 2. The fraction of sp³-hybridized carbons (Fsp3) is 0.450. The topological polar surface area (TPSA) is 761 Å². The van der Waals surface area contributed by atoms with Crippen molar-refractivity contribution in [2.24, 2.45) is 46.4 Å².